The van der Waals surface area contributed by atoms with Crippen LogP contribution in [0.1, 0.15) is 17.7 Å². The van der Waals surface area contributed by atoms with Crippen molar-refractivity contribution in [2.45, 2.75) is 19.3 Å². The molecular weight excluding hydrogens is 254 g/mol. The molecule has 1 aromatic heterocycles. The maximum atomic E-state index is 9.55. The smallest absolute Gasteiger partial charge is 0.159 e. The fourth-order valence-electron chi connectivity index (χ4n) is 2.59. The van der Waals surface area contributed by atoms with E-state index in [0.29, 0.717) is 23.9 Å². The van der Waals surface area contributed by atoms with Gasteiger partial charge in [-0.15, -0.1) is 0 Å². The van der Waals surface area contributed by atoms with Crippen molar-refractivity contribution >= 4 is 0 Å². The predicted octanol–water partition coefficient (Wildman–Crippen LogP) is 1.62. The van der Waals surface area contributed by atoms with Crippen LogP contribution in [0.3, 0.4) is 0 Å². The number of phenols is 2. The Morgan fingerprint density at radius 1 is 1.25 bits per heavy atom. The van der Waals surface area contributed by atoms with Crippen LogP contribution in [0.25, 0.3) is 11.4 Å². The highest BCUT2D eigenvalue weighted by Crippen LogP contribution is 2.30. The summed E-state index contributed by atoms with van der Waals surface area (Å²) in [7, 11) is 0. The van der Waals surface area contributed by atoms with Crippen LogP contribution in [-0.2, 0) is 12.8 Å². The number of aromatic hydroxyl groups is 2. The Hall–Kier alpha value is -2.14. The van der Waals surface area contributed by atoms with Crippen molar-refractivity contribution in [2.75, 3.05) is 6.54 Å². The summed E-state index contributed by atoms with van der Waals surface area (Å²) in [5, 5.41) is 18.9. The number of aryl methyl sites for hydroxylation is 1. The third-order valence-corrected chi connectivity index (χ3v) is 3.82. The SMILES string of the molecule is NCC1CCc2nc(-c3ccc(O)c(O)c3)ncc2C1. The summed E-state index contributed by atoms with van der Waals surface area (Å²) >= 11 is 0. The molecule has 0 aliphatic heterocycles. The van der Waals surface area contributed by atoms with E-state index in [2.05, 4.69) is 9.97 Å². The summed E-state index contributed by atoms with van der Waals surface area (Å²) in [5.74, 6) is 0.796. The van der Waals surface area contributed by atoms with Crippen LogP contribution in [0.4, 0.5) is 0 Å². The number of aromatic nitrogens is 2. The van der Waals surface area contributed by atoms with Gasteiger partial charge in [0.1, 0.15) is 0 Å². The van der Waals surface area contributed by atoms with E-state index in [1.807, 2.05) is 6.20 Å². The van der Waals surface area contributed by atoms with E-state index in [-0.39, 0.29) is 11.5 Å². The topological polar surface area (TPSA) is 92.3 Å². The standard InChI is InChI=1S/C15H17N3O2/c16-7-9-1-3-12-11(5-9)8-17-15(18-12)10-2-4-13(19)14(20)6-10/h2,4,6,8-9,19-20H,1,3,5,7,16H2. The molecule has 1 aliphatic carbocycles. The minimum absolute atomic E-state index is 0.141. The van der Waals surface area contributed by atoms with E-state index in [4.69, 9.17) is 5.73 Å². The van der Waals surface area contributed by atoms with E-state index in [1.165, 1.54) is 17.7 Å². The Balaban J connectivity index is 1.94. The van der Waals surface area contributed by atoms with Crippen LogP contribution >= 0.6 is 0 Å². The molecule has 4 N–H and O–H groups in total. The average Bonchev–Trinajstić information content (AvgIpc) is 2.49. The zero-order valence-electron chi connectivity index (χ0n) is 11.1. The minimum atomic E-state index is -0.160. The van der Waals surface area contributed by atoms with Crippen LogP contribution in [0.2, 0.25) is 0 Å². The molecule has 104 valence electrons. The van der Waals surface area contributed by atoms with Crippen molar-refractivity contribution in [3.63, 3.8) is 0 Å². The first-order valence-corrected chi connectivity index (χ1v) is 6.74. The van der Waals surface area contributed by atoms with E-state index in [1.54, 1.807) is 6.07 Å². The van der Waals surface area contributed by atoms with Gasteiger partial charge in [0.25, 0.3) is 0 Å². The molecule has 1 aliphatic rings. The Bertz CT molecular complexity index is 643. The van der Waals surface area contributed by atoms with Gasteiger partial charge >= 0.3 is 0 Å². The molecule has 1 unspecified atom stereocenters. The Morgan fingerprint density at radius 3 is 2.85 bits per heavy atom. The van der Waals surface area contributed by atoms with Gasteiger partial charge in [-0.05, 0) is 55.5 Å². The van der Waals surface area contributed by atoms with E-state index in [0.717, 1.165) is 25.0 Å². The van der Waals surface area contributed by atoms with Gasteiger partial charge in [-0.25, -0.2) is 9.97 Å². The normalized spacial score (nSPS) is 17.8. The molecule has 5 heteroatoms. The van der Waals surface area contributed by atoms with Gasteiger partial charge in [0.15, 0.2) is 17.3 Å². The number of rotatable bonds is 2. The molecule has 0 spiro atoms. The molecule has 5 nitrogen and oxygen atoms in total. The number of hydrogen-bond acceptors (Lipinski definition) is 5. The van der Waals surface area contributed by atoms with Crippen molar-refractivity contribution in [1.82, 2.24) is 9.97 Å². The highest BCUT2D eigenvalue weighted by Gasteiger charge is 2.19. The molecule has 0 saturated heterocycles. The van der Waals surface area contributed by atoms with Gasteiger partial charge in [-0.2, -0.15) is 0 Å². The maximum absolute atomic E-state index is 9.55. The van der Waals surface area contributed by atoms with Crippen LogP contribution < -0.4 is 5.73 Å². The second-order valence-corrected chi connectivity index (χ2v) is 5.21. The molecule has 0 bridgehead atoms. The lowest BCUT2D eigenvalue weighted by atomic mass is 9.87. The summed E-state index contributed by atoms with van der Waals surface area (Å²) in [5.41, 5.74) is 8.65. The summed E-state index contributed by atoms with van der Waals surface area (Å²) in [6.45, 7) is 0.701. The number of phenolic OH excluding ortho intramolecular Hbond substituents is 2. The number of hydrogen-bond donors (Lipinski definition) is 3. The molecular formula is C15H17N3O2. The van der Waals surface area contributed by atoms with Crippen molar-refractivity contribution in [1.29, 1.82) is 0 Å². The van der Waals surface area contributed by atoms with Crippen molar-refractivity contribution in [2.24, 2.45) is 11.7 Å². The number of nitrogens with two attached hydrogens (primary N) is 1. The first-order valence-electron chi connectivity index (χ1n) is 6.74. The van der Waals surface area contributed by atoms with Gasteiger partial charge in [0.2, 0.25) is 0 Å². The molecule has 0 saturated carbocycles. The third-order valence-electron chi connectivity index (χ3n) is 3.82. The zero-order valence-corrected chi connectivity index (χ0v) is 11.1. The van der Waals surface area contributed by atoms with E-state index >= 15 is 0 Å². The second kappa shape index (κ2) is 5.09. The Labute approximate surface area is 117 Å². The van der Waals surface area contributed by atoms with Crippen molar-refractivity contribution < 1.29 is 10.2 Å². The summed E-state index contributed by atoms with van der Waals surface area (Å²) in [6.07, 6.45) is 4.76. The highest BCUT2D eigenvalue weighted by molar-refractivity contribution is 5.60. The monoisotopic (exact) mass is 271 g/mol. The molecule has 2 aromatic rings. The summed E-state index contributed by atoms with van der Waals surface area (Å²) in [6, 6.07) is 4.61. The summed E-state index contributed by atoms with van der Waals surface area (Å²) < 4.78 is 0. The van der Waals surface area contributed by atoms with Gasteiger partial charge in [0.05, 0.1) is 0 Å². The molecule has 0 fully saturated rings. The Kier molecular flexibility index (Phi) is 3.28. The predicted molar refractivity (Wildman–Crippen MR) is 75.4 cm³/mol. The van der Waals surface area contributed by atoms with Crippen molar-refractivity contribution in [3.8, 4) is 22.9 Å². The van der Waals surface area contributed by atoms with Gasteiger partial charge in [-0.1, -0.05) is 0 Å². The molecule has 20 heavy (non-hydrogen) atoms. The van der Waals surface area contributed by atoms with Crippen molar-refractivity contribution in [3.05, 3.63) is 35.7 Å². The first kappa shape index (κ1) is 12.9. The quantitative estimate of drug-likeness (QED) is 0.722. The fourth-order valence-corrected chi connectivity index (χ4v) is 2.59. The molecule has 1 aromatic carbocycles. The first-order chi connectivity index (χ1) is 9.67. The van der Waals surface area contributed by atoms with Gasteiger partial charge in [-0.3, -0.25) is 0 Å². The minimum Gasteiger partial charge on any atom is -0.504 e. The molecule has 0 amide bonds. The zero-order chi connectivity index (χ0) is 14.1. The Morgan fingerprint density at radius 2 is 2.10 bits per heavy atom. The maximum Gasteiger partial charge on any atom is 0.159 e. The van der Waals surface area contributed by atoms with Crippen LogP contribution in [0.5, 0.6) is 11.5 Å². The summed E-state index contributed by atoms with van der Waals surface area (Å²) in [4.78, 5) is 8.94. The van der Waals surface area contributed by atoms with Gasteiger partial charge < -0.3 is 15.9 Å². The lowest BCUT2D eigenvalue weighted by Gasteiger charge is -2.22. The molecule has 1 heterocycles. The number of nitrogens with zero attached hydrogens (tertiary/aromatic N) is 2. The fraction of sp³-hybridized carbons (Fsp3) is 0.333. The largest absolute Gasteiger partial charge is 0.504 e. The highest BCUT2D eigenvalue weighted by atomic mass is 16.3. The van der Waals surface area contributed by atoms with Crippen LogP contribution in [0.15, 0.2) is 24.4 Å². The third kappa shape index (κ3) is 2.32. The van der Waals surface area contributed by atoms with Gasteiger partial charge in [0, 0.05) is 17.5 Å². The number of benzene rings is 1. The number of fused-ring (bicyclic) bond motifs is 1. The molecule has 1 atom stereocenters. The lowest BCUT2D eigenvalue weighted by molar-refractivity contribution is 0.404. The average molecular weight is 271 g/mol. The van der Waals surface area contributed by atoms with E-state index < -0.39 is 0 Å². The van der Waals surface area contributed by atoms with Crippen LogP contribution in [-0.4, -0.2) is 26.7 Å². The van der Waals surface area contributed by atoms with Crippen LogP contribution in [0, 0.1) is 5.92 Å². The molecule has 3 rings (SSSR count). The molecule has 0 radical (unpaired) electrons. The lowest BCUT2D eigenvalue weighted by Crippen LogP contribution is -2.23. The van der Waals surface area contributed by atoms with E-state index in [9.17, 15) is 10.2 Å². The second-order valence-electron chi connectivity index (χ2n) is 5.21.